The maximum atomic E-state index is 6.52. The zero-order chi connectivity index (χ0) is 18.4. The van der Waals surface area contributed by atoms with E-state index < -0.39 is 0 Å². The summed E-state index contributed by atoms with van der Waals surface area (Å²) in [5.74, 6) is 0.599. The minimum atomic E-state index is 0.116. The first-order chi connectivity index (χ1) is 13.1. The summed E-state index contributed by atoms with van der Waals surface area (Å²) in [6, 6.07) is 4.10. The van der Waals surface area contributed by atoms with E-state index in [9.17, 15) is 0 Å². The van der Waals surface area contributed by atoms with E-state index in [1.54, 1.807) is 6.20 Å². The number of aromatic nitrogens is 2. The van der Waals surface area contributed by atoms with Crippen molar-refractivity contribution in [2.75, 3.05) is 39.0 Å². The molecule has 5 rings (SSSR count). The highest BCUT2D eigenvalue weighted by Crippen LogP contribution is 2.40. The maximum Gasteiger partial charge on any atom is 0.134 e. The molecule has 0 aliphatic carbocycles. The molecule has 2 unspecified atom stereocenters. The number of hydrogen-bond acceptors (Lipinski definition) is 5. The first-order valence-electron chi connectivity index (χ1n) is 10.4. The summed E-state index contributed by atoms with van der Waals surface area (Å²) in [7, 11) is 2.25. The fourth-order valence-electron chi connectivity index (χ4n) is 5.51. The maximum absolute atomic E-state index is 6.52. The van der Waals surface area contributed by atoms with Crippen molar-refractivity contribution in [1.29, 1.82) is 0 Å². The Kier molecular flexibility index (Phi) is 4.37. The number of pyridine rings is 1. The van der Waals surface area contributed by atoms with E-state index in [1.807, 2.05) is 6.07 Å². The summed E-state index contributed by atoms with van der Waals surface area (Å²) in [5.41, 5.74) is 7.58. The van der Waals surface area contributed by atoms with Crippen LogP contribution in [0.1, 0.15) is 44.8 Å². The average Bonchev–Trinajstić information content (AvgIpc) is 3.38. The SMILES string of the molecule is CN1CCC2(CCCN2CC2CCC(n3ccc4c(N)nccc43)O2)CC1. The number of nitrogen functional groups attached to an aromatic ring is 1. The lowest BCUT2D eigenvalue weighted by molar-refractivity contribution is -0.0321. The summed E-state index contributed by atoms with van der Waals surface area (Å²) in [6.07, 6.45) is 11.9. The van der Waals surface area contributed by atoms with Crippen molar-refractivity contribution in [2.24, 2.45) is 0 Å². The van der Waals surface area contributed by atoms with E-state index in [0.29, 0.717) is 17.5 Å². The van der Waals surface area contributed by atoms with E-state index in [1.165, 1.54) is 45.3 Å². The quantitative estimate of drug-likeness (QED) is 0.901. The van der Waals surface area contributed by atoms with Gasteiger partial charge in [0, 0.05) is 29.9 Å². The van der Waals surface area contributed by atoms with Gasteiger partial charge in [-0.15, -0.1) is 0 Å². The molecule has 6 nitrogen and oxygen atoms in total. The Bertz CT molecular complexity index is 810. The molecular weight excluding hydrogens is 338 g/mol. The smallest absolute Gasteiger partial charge is 0.134 e. The van der Waals surface area contributed by atoms with Gasteiger partial charge in [0.2, 0.25) is 0 Å². The van der Waals surface area contributed by atoms with Crippen LogP contribution < -0.4 is 5.73 Å². The number of nitrogens with zero attached hydrogens (tertiary/aromatic N) is 4. The van der Waals surface area contributed by atoms with Crippen molar-refractivity contribution in [3.63, 3.8) is 0 Å². The third-order valence-corrected chi connectivity index (χ3v) is 7.16. The van der Waals surface area contributed by atoms with Gasteiger partial charge >= 0.3 is 0 Å². The van der Waals surface area contributed by atoms with Crippen molar-refractivity contribution in [2.45, 2.75) is 56.4 Å². The molecule has 0 bridgehead atoms. The molecular formula is C21H31N5O. The fraction of sp³-hybridized carbons (Fsp3) is 0.667. The van der Waals surface area contributed by atoms with Crippen molar-refractivity contribution >= 4 is 16.7 Å². The monoisotopic (exact) mass is 369 g/mol. The van der Waals surface area contributed by atoms with Gasteiger partial charge in [0.25, 0.3) is 0 Å². The molecule has 2 aromatic heterocycles. The Hall–Kier alpha value is -1.63. The van der Waals surface area contributed by atoms with Crippen molar-refractivity contribution in [3.8, 4) is 0 Å². The number of likely N-dealkylation sites (tertiary alicyclic amines) is 2. The van der Waals surface area contributed by atoms with Crippen LogP contribution in [0, 0.1) is 0 Å². The summed E-state index contributed by atoms with van der Waals surface area (Å²) in [5, 5.41) is 1.02. The zero-order valence-corrected chi connectivity index (χ0v) is 16.3. The van der Waals surface area contributed by atoms with Gasteiger partial charge in [0.15, 0.2) is 0 Å². The Morgan fingerprint density at radius 3 is 2.89 bits per heavy atom. The molecule has 146 valence electrons. The van der Waals surface area contributed by atoms with E-state index >= 15 is 0 Å². The molecule has 5 heterocycles. The van der Waals surface area contributed by atoms with Gasteiger partial charge in [0.1, 0.15) is 12.0 Å². The van der Waals surface area contributed by atoms with Crippen LogP contribution in [-0.2, 0) is 4.74 Å². The molecule has 2 atom stereocenters. The highest BCUT2D eigenvalue weighted by Gasteiger charge is 2.44. The first kappa shape index (κ1) is 17.5. The highest BCUT2D eigenvalue weighted by atomic mass is 16.5. The Morgan fingerprint density at radius 2 is 2.04 bits per heavy atom. The molecule has 3 fully saturated rings. The topological polar surface area (TPSA) is 59.5 Å². The largest absolute Gasteiger partial charge is 0.383 e. The number of ether oxygens (including phenoxy) is 1. The molecule has 2 N–H and O–H groups in total. The first-order valence-corrected chi connectivity index (χ1v) is 10.4. The lowest BCUT2D eigenvalue weighted by Crippen LogP contribution is -2.53. The van der Waals surface area contributed by atoms with Gasteiger partial charge in [-0.2, -0.15) is 0 Å². The van der Waals surface area contributed by atoms with Crippen LogP contribution in [0.4, 0.5) is 5.82 Å². The summed E-state index contributed by atoms with van der Waals surface area (Å²) in [6.45, 7) is 4.79. The molecule has 3 aliphatic heterocycles. The molecule has 1 spiro atoms. The second-order valence-electron chi connectivity index (χ2n) is 8.72. The standard InChI is InChI=1S/C21H31N5O/c1-24-13-8-21(9-14-24)7-2-11-25(21)15-16-3-4-19(27-16)26-12-6-17-18(26)5-10-23-20(17)22/h5-6,10,12,16,19H,2-4,7-9,11,13-15H2,1H3,(H2,22,23). The summed E-state index contributed by atoms with van der Waals surface area (Å²) < 4.78 is 8.76. The Balaban J connectivity index is 1.28. The fourth-order valence-corrected chi connectivity index (χ4v) is 5.51. The van der Waals surface area contributed by atoms with E-state index in [-0.39, 0.29) is 6.23 Å². The molecule has 0 radical (unpaired) electrons. The molecule has 3 saturated heterocycles. The third-order valence-electron chi connectivity index (χ3n) is 7.16. The predicted molar refractivity (Wildman–Crippen MR) is 108 cm³/mol. The molecule has 3 aliphatic rings. The number of piperidine rings is 1. The van der Waals surface area contributed by atoms with Crippen LogP contribution in [0.2, 0.25) is 0 Å². The van der Waals surface area contributed by atoms with E-state index in [0.717, 1.165) is 30.3 Å². The van der Waals surface area contributed by atoms with Crippen molar-refractivity contribution in [1.82, 2.24) is 19.4 Å². The third kappa shape index (κ3) is 3.04. The van der Waals surface area contributed by atoms with E-state index in [2.05, 4.69) is 38.7 Å². The van der Waals surface area contributed by atoms with Crippen LogP contribution in [0.5, 0.6) is 0 Å². The van der Waals surface area contributed by atoms with Crippen LogP contribution >= 0.6 is 0 Å². The van der Waals surface area contributed by atoms with Crippen LogP contribution in [0.25, 0.3) is 10.9 Å². The van der Waals surface area contributed by atoms with E-state index in [4.69, 9.17) is 10.5 Å². The van der Waals surface area contributed by atoms with Crippen molar-refractivity contribution < 1.29 is 4.74 Å². The van der Waals surface area contributed by atoms with Crippen LogP contribution in [0.3, 0.4) is 0 Å². The van der Waals surface area contributed by atoms with Gasteiger partial charge in [-0.05, 0) is 77.3 Å². The van der Waals surface area contributed by atoms with Gasteiger partial charge in [0.05, 0.1) is 11.6 Å². The van der Waals surface area contributed by atoms with Gasteiger partial charge in [-0.1, -0.05) is 0 Å². The molecule has 0 amide bonds. The Labute approximate surface area is 161 Å². The second kappa shape index (κ2) is 6.76. The second-order valence-corrected chi connectivity index (χ2v) is 8.72. The lowest BCUT2D eigenvalue weighted by Gasteiger charge is -2.45. The minimum absolute atomic E-state index is 0.116. The van der Waals surface area contributed by atoms with Gasteiger partial charge < -0.3 is 19.9 Å². The number of anilines is 1. The molecule has 0 aromatic carbocycles. The number of hydrogen-bond donors (Lipinski definition) is 1. The normalized spacial score (nSPS) is 29.2. The van der Waals surface area contributed by atoms with Crippen LogP contribution in [-0.4, -0.2) is 64.2 Å². The molecule has 27 heavy (non-hydrogen) atoms. The average molecular weight is 370 g/mol. The lowest BCUT2D eigenvalue weighted by atomic mass is 9.85. The number of nitrogens with two attached hydrogens (primary N) is 1. The minimum Gasteiger partial charge on any atom is -0.383 e. The highest BCUT2D eigenvalue weighted by molar-refractivity contribution is 5.89. The number of rotatable bonds is 3. The number of fused-ring (bicyclic) bond motifs is 1. The van der Waals surface area contributed by atoms with Gasteiger partial charge in [-0.25, -0.2) is 4.98 Å². The molecule has 0 saturated carbocycles. The molecule has 2 aromatic rings. The Morgan fingerprint density at radius 1 is 1.19 bits per heavy atom. The summed E-state index contributed by atoms with van der Waals surface area (Å²) in [4.78, 5) is 9.44. The van der Waals surface area contributed by atoms with Crippen molar-refractivity contribution in [3.05, 3.63) is 24.5 Å². The predicted octanol–water partition coefficient (Wildman–Crippen LogP) is 2.86. The van der Waals surface area contributed by atoms with Gasteiger partial charge in [-0.3, -0.25) is 4.90 Å². The molecule has 6 heteroatoms. The zero-order valence-electron chi connectivity index (χ0n) is 16.3. The van der Waals surface area contributed by atoms with Crippen LogP contribution in [0.15, 0.2) is 24.5 Å². The summed E-state index contributed by atoms with van der Waals surface area (Å²) >= 11 is 0.